The van der Waals surface area contributed by atoms with E-state index in [1.165, 1.54) is 11.6 Å². The van der Waals surface area contributed by atoms with Crippen LogP contribution in [-0.4, -0.2) is 28.5 Å². The summed E-state index contributed by atoms with van der Waals surface area (Å²) in [5.74, 6) is 0.687. The largest absolute Gasteiger partial charge is 0.342 e. The predicted octanol–water partition coefficient (Wildman–Crippen LogP) is 5.39. The van der Waals surface area contributed by atoms with Gasteiger partial charge in [-0.2, -0.15) is 0 Å². The van der Waals surface area contributed by atoms with Crippen molar-refractivity contribution in [1.82, 2.24) is 9.55 Å². The van der Waals surface area contributed by atoms with Gasteiger partial charge < -0.3 is 14.8 Å². The van der Waals surface area contributed by atoms with Crippen LogP contribution in [0.2, 0.25) is 0 Å². The second kappa shape index (κ2) is 9.06. The van der Waals surface area contributed by atoms with Crippen molar-refractivity contribution in [2.75, 3.05) is 23.3 Å². The molecule has 1 saturated heterocycles. The topological polar surface area (TPSA) is 50.2 Å². The van der Waals surface area contributed by atoms with Crippen LogP contribution in [0.5, 0.6) is 0 Å². The zero-order chi connectivity index (χ0) is 22.8. The van der Waals surface area contributed by atoms with Crippen molar-refractivity contribution in [3.8, 4) is 0 Å². The zero-order valence-electron chi connectivity index (χ0n) is 18.7. The number of amides is 1. The first-order chi connectivity index (χ1) is 16.1. The summed E-state index contributed by atoms with van der Waals surface area (Å²) in [5.41, 5.74) is 4.85. The molecule has 0 bridgehead atoms. The lowest BCUT2D eigenvalue weighted by molar-refractivity contribution is -0.120. The molecule has 5 rings (SSSR count). The lowest BCUT2D eigenvalue weighted by Gasteiger charge is -2.32. The van der Waals surface area contributed by atoms with Crippen LogP contribution in [0.25, 0.3) is 11.0 Å². The number of rotatable bonds is 5. The third-order valence-electron chi connectivity index (χ3n) is 6.33. The van der Waals surface area contributed by atoms with E-state index in [2.05, 4.69) is 14.8 Å². The summed E-state index contributed by atoms with van der Waals surface area (Å²) in [4.78, 5) is 19.9. The van der Waals surface area contributed by atoms with E-state index in [1.54, 1.807) is 12.1 Å². The number of para-hydroxylation sites is 2. The van der Waals surface area contributed by atoms with Gasteiger partial charge in [0.05, 0.1) is 17.6 Å². The highest BCUT2D eigenvalue weighted by atomic mass is 19.1. The average Bonchev–Trinajstić information content (AvgIpc) is 3.19. The van der Waals surface area contributed by atoms with Crippen molar-refractivity contribution >= 4 is 28.6 Å². The minimum atomic E-state index is -0.237. The van der Waals surface area contributed by atoms with Crippen LogP contribution in [0.3, 0.4) is 0 Å². The van der Waals surface area contributed by atoms with Gasteiger partial charge in [0.2, 0.25) is 11.9 Å². The Kier molecular flexibility index (Phi) is 5.82. The Morgan fingerprint density at radius 3 is 2.55 bits per heavy atom. The predicted molar refractivity (Wildman–Crippen MR) is 130 cm³/mol. The molecule has 0 atom stereocenters. The summed E-state index contributed by atoms with van der Waals surface area (Å²) in [6, 6.07) is 22.6. The number of nitrogens with zero attached hydrogens (tertiary/aromatic N) is 3. The molecule has 6 heteroatoms. The van der Waals surface area contributed by atoms with Crippen LogP contribution in [0.1, 0.15) is 24.0 Å². The van der Waals surface area contributed by atoms with Gasteiger partial charge in [0.25, 0.3) is 0 Å². The number of hydrogen-bond donors (Lipinski definition) is 1. The van der Waals surface area contributed by atoms with Crippen molar-refractivity contribution in [1.29, 1.82) is 0 Å². The van der Waals surface area contributed by atoms with E-state index < -0.39 is 0 Å². The number of hydrogen-bond acceptors (Lipinski definition) is 3. The molecule has 1 N–H and O–H groups in total. The maximum absolute atomic E-state index is 13.8. The van der Waals surface area contributed by atoms with Gasteiger partial charge in [-0.15, -0.1) is 0 Å². The van der Waals surface area contributed by atoms with Crippen LogP contribution in [0.4, 0.5) is 16.0 Å². The molecular weight excluding hydrogens is 415 g/mol. The van der Waals surface area contributed by atoms with E-state index in [9.17, 15) is 9.18 Å². The summed E-state index contributed by atoms with van der Waals surface area (Å²) in [5, 5.41) is 3.05. The number of benzene rings is 3. The highest BCUT2D eigenvalue weighted by molar-refractivity contribution is 5.92. The number of anilines is 2. The number of aryl methyl sites for hydroxylation is 1. The maximum Gasteiger partial charge on any atom is 0.227 e. The van der Waals surface area contributed by atoms with Gasteiger partial charge in [0, 0.05) is 24.7 Å². The Morgan fingerprint density at radius 2 is 1.79 bits per heavy atom. The van der Waals surface area contributed by atoms with E-state index in [0.29, 0.717) is 6.54 Å². The van der Waals surface area contributed by atoms with Crippen LogP contribution in [-0.2, 0) is 11.3 Å². The average molecular weight is 443 g/mol. The normalized spacial score (nSPS) is 14.5. The third kappa shape index (κ3) is 4.60. The van der Waals surface area contributed by atoms with Crippen LogP contribution in [0.15, 0.2) is 72.8 Å². The molecular formula is C27H27FN4O. The fourth-order valence-corrected chi connectivity index (χ4v) is 4.50. The number of fused-ring (bicyclic) bond motifs is 1. The van der Waals surface area contributed by atoms with E-state index in [0.717, 1.165) is 54.2 Å². The molecule has 0 aliphatic carbocycles. The summed E-state index contributed by atoms with van der Waals surface area (Å²) < 4.78 is 15.9. The highest BCUT2D eigenvalue weighted by Gasteiger charge is 2.28. The molecule has 168 valence electrons. The summed E-state index contributed by atoms with van der Waals surface area (Å²) in [6.07, 6.45) is 1.53. The molecule has 0 saturated carbocycles. The van der Waals surface area contributed by atoms with Crippen LogP contribution in [0, 0.1) is 18.7 Å². The molecule has 5 nitrogen and oxygen atoms in total. The van der Waals surface area contributed by atoms with Gasteiger partial charge in [-0.3, -0.25) is 4.79 Å². The fraction of sp³-hybridized carbons (Fsp3) is 0.259. The van der Waals surface area contributed by atoms with Crippen molar-refractivity contribution in [3.05, 3.63) is 89.7 Å². The summed E-state index contributed by atoms with van der Waals surface area (Å²) in [7, 11) is 0. The smallest absolute Gasteiger partial charge is 0.227 e. The minimum absolute atomic E-state index is 0.0244. The van der Waals surface area contributed by atoms with E-state index >= 15 is 0 Å². The van der Waals surface area contributed by atoms with Gasteiger partial charge in [0.15, 0.2) is 0 Å². The molecule has 1 amide bonds. The second-order valence-electron chi connectivity index (χ2n) is 8.73. The molecule has 2 heterocycles. The lowest BCUT2D eigenvalue weighted by atomic mass is 9.96. The number of halogens is 1. The Hall–Kier alpha value is -3.67. The molecule has 4 aromatic rings. The zero-order valence-corrected chi connectivity index (χ0v) is 18.7. The molecule has 0 spiro atoms. The highest BCUT2D eigenvalue weighted by Crippen LogP contribution is 2.28. The number of imidazole rings is 1. The first-order valence-electron chi connectivity index (χ1n) is 11.4. The SMILES string of the molecule is Cc1ccc(NC(=O)C2CCN(c3nc4ccccc4n3Cc3cccc(F)c3)CC2)cc1. The summed E-state index contributed by atoms with van der Waals surface area (Å²) in [6.45, 7) is 4.07. The fourth-order valence-electron chi connectivity index (χ4n) is 4.50. The quantitative estimate of drug-likeness (QED) is 0.451. The van der Waals surface area contributed by atoms with E-state index in [1.807, 2.05) is 61.5 Å². The third-order valence-corrected chi connectivity index (χ3v) is 6.33. The molecule has 33 heavy (non-hydrogen) atoms. The van der Waals surface area contributed by atoms with Crippen LogP contribution < -0.4 is 10.2 Å². The molecule has 0 unspecified atom stereocenters. The molecule has 1 aliphatic rings. The van der Waals surface area contributed by atoms with Gasteiger partial charge in [-0.1, -0.05) is 42.0 Å². The minimum Gasteiger partial charge on any atom is -0.342 e. The standard InChI is InChI=1S/C27H27FN4O/c1-19-9-11-23(12-10-19)29-26(33)21-13-15-31(16-14-21)27-30-24-7-2-3-8-25(24)32(27)18-20-5-4-6-22(28)17-20/h2-12,17,21H,13-16,18H2,1H3,(H,29,33). The molecule has 3 aromatic carbocycles. The monoisotopic (exact) mass is 442 g/mol. The number of carbonyl (C=O) groups excluding carboxylic acids is 1. The molecule has 1 aliphatic heterocycles. The number of carbonyl (C=O) groups is 1. The Bertz CT molecular complexity index is 1270. The number of nitrogens with one attached hydrogen (secondary N) is 1. The first kappa shape index (κ1) is 21.2. The van der Waals surface area contributed by atoms with E-state index in [-0.39, 0.29) is 17.6 Å². The second-order valence-corrected chi connectivity index (χ2v) is 8.73. The maximum atomic E-state index is 13.8. The van der Waals surface area contributed by atoms with Crippen LogP contribution >= 0.6 is 0 Å². The molecule has 0 radical (unpaired) electrons. The molecule has 1 fully saturated rings. The number of piperidine rings is 1. The first-order valence-corrected chi connectivity index (χ1v) is 11.4. The van der Waals surface area contributed by atoms with Crippen molar-refractivity contribution < 1.29 is 9.18 Å². The summed E-state index contributed by atoms with van der Waals surface area (Å²) >= 11 is 0. The number of aromatic nitrogens is 2. The Balaban J connectivity index is 1.33. The Morgan fingerprint density at radius 1 is 1.03 bits per heavy atom. The van der Waals surface area contributed by atoms with Crippen molar-refractivity contribution in [2.24, 2.45) is 5.92 Å². The van der Waals surface area contributed by atoms with Gasteiger partial charge >= 0.3 is 0 Å². The Labute approximate surface area is 192 Å². The van der Waals surface area contributed by atoms with Gasteiger partial charge in [0.1, 0.15) is 5.82 Å². The van der Waals surface area contributed by atoms with Gasteiger partial charge in [-0.05, 0) is 61.7 Å². The van der Waals surface area contributed by atoms with Gasteiger partial charge in [-0.25, -0.2) is 9.37 Å². The van der Waals surface area contributed by atoms with E-state index in [4.69, 9.17) is 4.98 Å². The lowest BCUT2D eigenvalue weighted by Crippen LogP contribution is -2.39. The molecule has 1 aromatic heterocycles. The van der Waals surface area contributed by atoms with Crippen molar-refractivity contribution in [2.45, 2.75) is 26.3 Å². The van der Waals surface area contributed by atoms with Crippen molar-refractivity contribution in [3.63, 3.8) is 0 Å².